The topological polar surface area (TPSA) is 69.8 Å². The van der Waals surface area contributed by atoms with E-state index >= 15 is 0 Å². The number of rotatable bonds is 3. The first-order valence-corrected chi connectivity index (χ1v) is 7.76. The van der Waals surface area contributed by atoms with Gasteiger partial charge in [-0.1, -0.05) is 35.3 Å². The lowest BCUT2D eigenvalue weighted by Gasteiger charge is -2.13. The van der Waals surface area contributed by atoms with Gasteiger partial charge in [0.05, 0.1) is 27.1 Å². The van der Waals surface area contributed by atoms with Crippen molar-refractivity contribution >= 4 is 46.0 Å². The second kappa shape index (κ2) is 6.48. The molecule has 118 valence electrons. The first-order chi connectivity index (χ1) is 11.0. The minimum absolute atomic E-state index is 0.273. The number of hydrogen-bond donors (Lipinski definition) is 3. The van der Waals surface area contributed by atoms with Gasteiger partial charge in [0.1, 0.15) is 5.82 Å². The lowest BCUT2D eigenvalue weighted by molar-refractivity contribution is 0.249. The summed E-state index contributed by atoms with van der Waals surface area (Å²) in [7, 11) is 0. The van der Waals surface area contributed by atoms with Crippen LogP contribution in [0, 0.1) is 0 Å². The van der Waals surface area contributed by atoms with Crippen LogP contribution < -0.4 is 10.6 Å². The number of carbonyl (C=O) groups excluding carboxylic acids is 1. The maximum atomic E-state index is 12.1. The molecule has 0 saturated carbocycles. The Kier molecular flexibility index (Phi) is 4.41. The summed E-state index contributed by atoms with van der Waals surface area (Å²) in [5.74, 6) is 0.690. The van der Waals surface area contributed by atoms with Crippen LogP contribution in [0.2, 0.25) is 10.0 Å². The highest BCUT2D eigenvalue weighted by atomic mass is 35.5. The second-order valence-corrected chi connectivity index (χ2v) is 5.90. The van der Waals surface area contributed by atoms with Crippen molar-refractivity contribution in [2.24, 2.45) is 0 Å². The van der Waals surface area contributed by atoms with Gasteiger partial charge in [-0.15, -0.1) is 0 Å². The normalized spacial score (nSPS) is 12.1. The van der Waals surface area contributed by atoms with E-state index in [4.69, 9.17) is 23.2 Å². The molecule has 0 saturated heterocycles. The number of para-hydroxylation sites is 2. The third kappa shape index (κ3) is 3.57. The lowest BCUT2D eigenvalue weighted by atomic mass is 10.3. The SMILES string of the molecule is C[C@@H](NC(=O)Nc1ccc(Cl)c(Cl)c1)c1nc2ccccc2[nH]1. The molecule has 2 amide bonds. The summed E-state index contributed by atoms with van der Waals surface area (Å²) >= 11 is 11.8. The quantitative estimate of drug-likeness (QED) is 0.638. The van der Waals surface area contributed by atoms with Crippen LogP contribution >= 0.6 is 23.2 Å². The van der Waals surface area contributed by atoms with Gasteiger partial charge in [-0.25, -0.2) is 9.78 Å². The molecule has 0 unspecified atom stereocenters. The number of anilines is 1. The molecule has 3 N–H and O–H groups in total. The summed E-state index contributed by atoms with van der Waals surface area (Å²) in [6.45, 7) is 1.85. The summed E-state index contributed by atoms with van der Waals surface area (Å²) < 4.78 is 0. The summed E-state index contributed by atoms with van der Waals surface area (Å²) in [5.41, 5.74) is 2.36. The van der Waals surface area contributed by atoms with E-state index in [1.54, 1.807) is 18.2 Å². The number of urea groups is 1. The standard InChI is InChI=1S/C16H14Cl2N4O/c1-9(15-21-13-4-2-3-5-14(13)22-15)19-16(23)20-10-6-7-11(17)12(18)8-10/h2-9H,1H3,(H,21,22)(H2,19,20,23)/t9-/m1/s1. The Bertz CT molecular complexity index is 829. The van der Waals surface area contributed by atoms with Crippen LogP contribution in [0.3, 0.4) is 0 Å². The van der Waals surface area contributed by atoms with E-state index in [0.29, 0.717) is 21.6 Å². The van der Waals surface area contributed by atoms with Crippen molar-refractivity contribution in [2.45, 2.75) is 13.0 Å². The molecule has 7 heteroatoms. The van der Waals surface area contributed by atoms with E-state index in [9.17, 15) is 4.79 Å². The molecule has 0 aliphatic carbocycles. The third-order valence-corrected chi connectivity index (χ3v) is 4.08. The third-order valence-electron chi connectivity index (χ3n) is 3.34. The highest BCUT2D eigenvalue weighted by Gasteiger charge is 2.13. The summed E-state index contributed by atoms with van der Waals surface area (Å²) in [5, 5.41) is 6.35. The fourth-order valence-corrected chi connectivity index (χ4v) is 2.48. The zero-order chi connectivity index (χ0) is 16.4. The Hall–Kier alpha value is -2.24. The van der Waals surface area contributed by atoms with Crippen LogP contribution in [0.5, 0.6) is 0 Å². The first-order valence-electron chi connectivity index (χ1n) is 7.00. The van der Waals surface area contributed by atoms with Crippen molar-refractivity contribution in [2.75, 3.05) is 5.32 Å². The van der Waals surface area contributed by atoms with E-state index < -0.39 is 0 Å². The zero-order valence-corrected chi connectivity index (χ0v) is 13.7. The summed E-state index contributed by atoms with van der Waals surface area (Å²) in [4.78, 5) is 19.7. The second-order valence-electron chi connectivity index (χ2n) is 5.09. The summed E-state index contributed by atoms with van der Waals surface area (Å²) in [6, 6.07) is 12.0. The van der Waals surface area contributed by atoms with Gasteiger partial charge >= 0.3 is 6.03 Å². The van der Waals surface area contributed by atoms with Crippen molar-refractivity contribution in [3.63, 3.8) is 0 Å². The fraction of sp³-hybridized carbons (Fsp3) is 0.125. The molecule has 1 heterocycles. The van der Waals surface area contributed by atoms with Crippen LogP contribution in [0.4, 0.5) is 10.5 Å². The molecule has 1 aromatic heterocycles. The largest absolute Gasteiger partial charge is 0.340 e. The molecule has 0 aliphatic heterocycles. The Labute approximate surface area is 143 Å². The molecule has 0 radical (unpaired) electrons. The molecule has 23 heavy (non-hydrogen) atoms. The number of nitrogens with one attached hydrogen (secondary N) is 3. The number of amides is 2. The molecule has 3 rings (SSSR count). The van der Waals surface area contributed by atoms with Crippen LogP contribution in [0.25, 0.3) is 11.0 Å². The predicted octanol–water partition coefficient (Wildman–Crippen LogP) is 4.75. The minimum atomic E-state index is -0.351. The number of aromatic nitrogens is 2. The highest BCUT2D eigenvalue weighted by Crippen LogP contribution is 2.25. The molecule has 2 aromatic carbocycles. The van der Waals surface area contributed by atoms with E-state index in [-0.39, 0.29) is 12.1 Å². The smallest absolute Gasteiger partial charge is 0.319 e. The number of fused-ring (bicyclic) bond motifs is 1. The van der Waals surface area contributed by atoms with Crippen molar-refractivity contribution in [1.29, 1.82) is 0 Å². The minimum Gasteiger partial charge on any atom is -0.340 e. The predicted molar refractivity (Wildman–Crippen MR) is 93.1 cm³/mol. The Morgan fingerprint density at radius 2 is 1.96 bits per heavy atom. The Balaban J connectivity index is 1.67. The molecule has 1 atom stereocenters. The molecule has 3 aromatic rings. The number of nitrogens with zero attached hydrogens (tertiary/aromatic N) is 1. The van der Waals surface area contributed by atoms with E-state index in [1.807, 2.05) is 31.2 Å². The van der Waals surface area contributed by atoms with Gasteiger partial charge in [-0.05, 0) is 37.3 Å². The molecular formula is C16H14Cl2N4O. The van der Waals surface area contributed by atoms with Gasteiger partial charge in [-0.2, -0.15) is 0 Å². The molecule has 0 bridgehead atoms. The van der Waals surface area contributed by atoms with E-state index in [0.717, 1.165) is 11.0 Å². The monoisotopic (exact) mass is 348 g/mol. The number of benzene rings is 2. The molecule has 0 fully saturated rings. The number of H-pyrrole nitrogens is 1. The molecular weight excluding hydrogens is 335 g/mol. The number of imidazole rings is 1. The maximum Gasteiger partial charge on any atom is 0.319 e. The van der Waals surface area contributed by atoms with Gasteiger partial charge in [0, 0.05) is 5.69 Å². The van der Waals surface area contributed by atoms with E-state index in [1.165, 1.54) is 0 Å². The van der Waals surface area contributed by atoms with Gasteiger partial charge in [0.2, 0.25) is 0 Å². The van der Waals surface area contributed by atoms with Gasteiger partial charge < -0.3 is 15.6 Å². The van der Waals surface area contributed by atoms with Crippen molar-refractivity contribution < 1.29 is 4.79 Å². The average Bonchev–Trinajstić information content (AvgIpc) is 2.95. The maximum absolute atomic E-state index is 12.1. The van der Waals surface area contributed by atoms with Gasteiger partial charge in [0.25, 0.3) is 0 Å². The van der Waals surface area contributed by atoms with Crippen LogP contribution in [0.1, 0.15) is 18.8 Å². The van der Waals surface area contributed by atoms with Gasteiger partial charge in [-0.3, -0.25) is 0 Å². The number of aromatic amines is 1. The van der Waals surface area contributed by atoms with Crippen LogP contribution in [-0.4, -0.2) is 16.0 Å². The van der Waals surface area contributed by atoms with Crippen molar-refractivity contribution in [3.05, 3.63) is 58.3 Å². The lowest BCUT2D eigenvalue weighted by Crippen LogP contribution is -2.31. The number of hydrogen-bond acceptors (Lipinski definition) is 2. The summed E-state index contributed by atoms with van der Waals surface area (Å²) in [6.07, 6.45) is 0. The Morgan fingerprint density at radius 3 is 2.70 bits per heavy atom. The average molecular weight is 349 g/mol. The van der Waals surface area contributed by atoms with Crippen LogP contribution in [-0.2, 0) is 0 Å². The van der Waals surface area contributed by atoms with Crippen LogP contribution in [0.15, 0.2) is 42.5 Å². The fourth-order valence-electron chi connectivity index (χ4n) is 2.18. The highest BCUT2D eigenvalue weighted by molar-refractivity contribution is 6.42. The van der Waals surface area contributed by atoms with E-state index in [2.05, 4.69) is 20.6 Å². The molecule has 0 spiro atoms. The number of halogens is 2. The first kappa shape index (κ1) is 15.6. The molecule has 5 nitrogen and oxygen atoms in total. The Morgan fingerprint density at radius 1 is 1.17 bits per heavy atom. The van der Waals surface area contributed by atoms with Crippen molar-refractivity contribution in [1.82, 2.24) is 15.3 Å². The number of carbonyl (C=O) groups is 1. The van der Waals surface area contributed by atoms with Gasteiger partial charge in [0.15, 0.2) is 0 Å². The zero-order valence-electron chi connectivity index (χ0n) is 12.2. The molecule has 0 aliphatic rings. The van der Waals surface area contributed by atoms with Crippen molar-refractivity contribution in [3.8, 4) is 0 Å².